The molecule has 6 aromatic rings. The molecule has 2 aromatic heterocycles. The monoisotopic (exact) mass is 510 g/mol. The van der Waals surface area contributed by atoms with Crippen LogP contribution in [0.5, 0.6) is 5.75 Å². The number of hydrogen-bond donors (Lipinski definition) is 2. The molecule has 0 saturated carbocycles. The van der Waals surface area contributed by atoms with Crippen molar-refractivity contribution in [1.82, 2.24) is 19.7 Å². The van der Waals surface area contributed by atoms with Crippen LogP contribution in [-0.2, 0) is 0 Å². The highest BCUT2D eigenvalue weighted by Crippen LogP contribution is 2.39. The molecule has 6 rings (SSSR count). The SMILES string of the molecule is [C-]#[N+]c1cnn(-c2ncccn2)c1/N=N/c1cc2ccccc2c(C(=O)Nc2cccc3ccccc23)c1O. The molecule has 0 aliphatic rings. The van der Waals surface area contributed by atoms with Gasteiger partial charge in [0.05, 0.1) is 18.3 Å². The predicted molar refractivity (Wildman–Crippen MR) is 147 cm³/mol. The minimum atomic E-state index is -0.498. The number of phenols is 1. The van der Waals surface area contributed by atoms with Gasteiger partial charge in [-0.3, -0.25) is 4.79 Å². The van der Waals surface area contributed by atoms with Crippen LogP contribution in [0, 0.1) is 6.57 Å². The molecular weight excluding hydrogens is 492 g/mol. The molecule has 0 atom stereocenters. The fraction of sp³-hybridized carbons (Fsp3) is 0. The van der Waals surface area contributed by atoms with Crippen molar-refractivity contribution in [3.05, 3.63) is 114 Å². The highest BCUT2D eigenvalue weighted by molar-refractivity contribution is 6.18. The first-order valence-electron chi connectivity index (χ1n) is 11.8. The maximum Gasteiger partial charge on any atom is 0.260 e. The third-order valence-electron chi connectivity index (χ3n) is 6.11. The van der Waals surface area contributed by atoms with E-state index in [2.05, 4.69) is 35.5 Å². The van der Waals surface area contributed by atoms with Gasteiger partial charge in [-0.2, -0.15) is 9.78 Å². The van der Waals surface area contributed by atoms with Crippen LogP contribution in [0.1, 0.15) is 10.4 Å². The first-order valence-corrected chi connectivity index (χ1v) is 11.8. The summed E-state index contributed by atoms with van der Waals surface area (Å²) in [7, 11) is 0. The quantitative estimate of drug-likeness (QED) is 0.193. The lowest BCUT2D eigenvalue weighted by atomic mass is 10.0. The summed E-state index contributed by atoms with van der Waals surface area (Å²) in [5.74, 6) is -0.548. The van der Waals surface area contributed by atoms with Crippen molar-refractivity contribution < 1.29 is 9.90 Å². The van der Waals surface area contributed by atoms with Crippen LogP contribution in [0.3, 0.4) is 0 Å². The average molecular weight is 511 g/mol. The van der Waals surface area contributed by atoms with Crippen molar-refractivity contribution in [2.75, 3.05) is 5.32 Å². The number of nitrogens with zero attached hydrogens (tertiary/aromatic N) is 7. The summed E-state index contributed by atoms with van der Waals surface area (Å²) in [6.07, 6.45) is 4.41. The number of phenolic OH excluding ortho intramolecular Hbond substituents is 1. The van der Waals surface area contributed by atoms with Crippen LogP contribution in [0.4, 0.5) is 22.9 Å². The molecule has 0 fully saturated rings. The smallest absolute Gasteiger partial charge is 0.260 e. The molecule has 2 heterocycles. The number of fused-ring (bicyclic) bond motifs is 2. The number of anilines is 1. The van der Waals surface area contributed by atoms with E-state index in [9.17, 15) is 9.90 Å². The van der Waals surface area contributed by atoms with Crippen molar-refractivity contribution >= 4 is 50.3 Å². The minimum Gasteiger partial charge on any atom is -0.505 e. The molecule has 0 aliphatic carbocycles. The Labute approximate surface area is 221 Å². The van der Waals surface area contributed by atoms with Gasteiger partial charge in [0.25, 0.3) is 17.5 Å². The molecule has 39 heavy (non-hydrogen) atoms. The predicted octanol–water partition coefficient (Wildman–Crippen LogP) is 6.89. The molecule has 0 aliphatic heterocycles. The van der Waals surface area contributed by atoms with Gasteiger partial charge in [-0.05, 0) is 34.4 Å². The fourth-order valence-corrected chi connectivity index (χ4v) is 4.30. The topological polar surface area (TPSA) is 122 Å². The van der Waals surface area contributed by atoms with Crippen LogP contribution in [-0.4, -0.2) is 30.8 Å². The minimum absolute atomic E-state index is 0.0504. The molecule has 4 aromatic carbocycles. The second-order valence-electron chi connectivity index (χ2n) is 8.45. The molecule has 0 spiro atoms. The van der Waals surface area contributed by atoms with Gasteiger partial charge in [0, 0.05) is 23.5 Å². The molecule has 10 heteroatoms. The number of carbonyl (C=O) groups is 1. The van der Waals surface area contributed by atoms with Crippen molar-refractivity contribution in [2.45, 2.75) is 0 Å². The first kappa shape index (κ1) is 23.4. The molecule has 0 saturated heterocycles. The van der Waals surface area contributed by atoms with Gasteiger partial charge >= 0.3 is 0 Å². The van der Waals surface area contributed by atoms with Gasteiger partial charge in [0.15, 0.2) is 11.6 Å². The second kappa shape index (κ2) is 9.84. The van der Waals surface area contributed by atoms with Crippen molar-refractivity contribution in [3.63, 3.8) is 0 Å². The Morgan fingerprint density at radius 2 is 1.62 bits per heavy atom. The summed E-state index contributed by atoms with van der Waals surface area (Å²) in [6, 6.07) is 23.8. The van der Waals surface area contributed by atoms with Gasteiger partial charge in [-0.1, -0.05) is 60.7 Å². The number of carbonyl (C=O) groups excluding carboxylic acids is 1. The first-order chi connectivity index (χ1) is 19.1. The molecule has 0 radical (unpaired) electrons. The number of azo groups is 1. The van der Waals surface area contributed by atoms with Gasteiger partial charge in [-0.25, -0.2) is 14.8 Å². The summed E-state index contributed by atoms with van der Waals surface area (Å²) in [6.45, 7) is 7.47. The van der Waals surface area contributed by atoms with Gasteiger partial charge in [0.2, 0.25) is 0 Å². The summed E-state index contributed by atoms with van der Waals surface area (Å²) in [5.41, 5.74) is 0.845. The number of aromatic hydroxyl groups is 1. The van der Waals surface area contributed by atoms with Gasteiger partial charge < -0.3 is 10.4 Å². The summed E-state index contributed by atoms with van der Waals surface area (Å²) in [4.78, 5) is 25.4. The number of aromatic nitrogens is 4. The Bertz CT molecular complexity index is 1940. The Morgan fingerprint density at radius 3 is 2.41 bits per heavy atom. The maximum absolute atomic E-state index is 13.6. The molecular formula is C29H18N8O2. The highest BCUT2D eigenvalue weighted by Gasteiger charge is 2.21. The van der Waals surface area contributed by atoms with Crippen LogP contribution in [0.15, 0.2) is 108 Å². The average Bonchev–Trinajstić information content (AvgIpc) is 3.39. The maximum atomic E-state index is 13.6. The van der Waals surface area contributed by atoms with Crippen molar-refractivity contribution in [1.29, 1.82) is 0 Å². The van der Waals surface area contributed by atoms with E-state index < -0.39 is 5.91 Å². The lowest BCUT2D eigenvalue weighted by molar-refractivity contribution is 0.102. The molecule has 1 amide bonds. The Hall–Kier alpha value is -5.95. The summed E-state index contributed by atoms with van der Waals surface area (Å²) in [5, 5.41) is 29.9. The lowest BCUT2D eigenvalue weighted by Crippen LogP contribution is -2.13. The number of rotatable bonds is 5. The molecule has 0 bridgehead atoms. The Balaban J connectivity index is 1.44. The number of nitrogens with one attached hydrogen (secondary N) is 1. The normalized spacial score (nSPS) is 11.2. The van der Waals surface area contributed by atoms with Crippen LogP contribution < -0.4 is 5.32 Å². The highest BCUT2D eigenvalue weighted by atomic mass is 16.3. The standard InChI is InChI=1S/C29H18N8O2/c1-30-24-17-33-37(29-31-14-7-15-32-29)27(24)36-35-23-16-19-9-3-5-12-21(19)25(26(23)38)28(39)34-22-13-6-10-18-8-2-4-11-20(18)22/h2-17,38H,(H,34,39)/b36-35+. The largest absolute Gasteiger partial charge is 0.505 e. The van der Waals surface area contributed by atoms with Gasteiger partial charge in [-0.15, -0.1) is 10.2 Å². The van der Waals surface area contributed by atoms with E-state index in [1.165, 1.54) is 10.9 Å². The van der Waals surface area contributed by atoms with Crippen molar-refractivity contribution in [2.24, 2.45) is 10.2 Å². The number of amides is 1. The van der Waals surface area contributed by atoms with Crippen LogP contribution >= 0.6 is 0 Å². The van der Waals surface area contributed by atoms with E-state index in [1.54, 1.807) is 36.7 Å². The third-order valence-corrected chi connectivity index (χ3v) is 6.11. The molecule has 10 nitrogen and oxygen atoms in total. The van der Waals surface area contributed by atoms with E-state index >= 15 is 0 Å². The zero-order chi connectivity index (χ0) is 26.8. The zero-order valence-corrected chi connectivity index (χ0v) is 20.2. The number of benzene rings is 4. The zero-order valence-electron chi connectivity index (χ0n) is 20.2. The summed E-state index contributed by atoms with van der Waals surface area (Å²) >= 11 is 0. The summed E-state index contributed by atoms with van der Waals surface area (Å²) < 4.78 is 1.28. The van der Waals surface area contributed by atoms with E-state index in [1.807, 2.05) is 54.6 Å². The van der Waals surface area contributed by atoms with Crippen molar-refractivity contribution in [3.8, 4) is 11.7 Å². The van der Waals surface area contributed by atoms with E-state index in [0.29, 0.717) is 16.5 Å². The van der Waals surface area contributed by atoms with Gasteiger partial charge in [0.1, 0.15) is 5.69 Å². The molecule has 186 valence electrons. The molecule has 2 N–H and O–H groups in total. The second-order valence-corrected chi connectivity index (χ2v) is 8.45. The van der Waals surface area contributed by atoms with Crippen LogP contribution in [0.25, 0.3) is 32.3 Å². The Kier molecular flexibility index (Phi) is 5.91. The van der Waals surface area contributed by atoms with E-state index in [4.69, 9.17) is 6.57 Å². The molecule has 0 unspecified atom stereocenters. The van der Waals surface area contributed by atoms with Crippen LogP contribution in [0.2, 0.25) is 0 Å². The Morgan fingerprint density at radius 1 is 0.897 bits per heavy atom. The lowest BCUT2D eigenvalue weighted by Gasteiger charge is -2.13. The third kappa shape index (κ3) is 4.30. The number of hydrogen-bond acceptors (Lipinski definition) is 7. The van der Waals surface area contributed by atoms with E-state index in [0.717, 1.165) is 10.8 Å². The fourth-order valence-electron chi connectivity index (χ4n) is 4.30. The van der Waals surface area contributed by atoms with E-state index in [-0.39, 0.29) is 34.5 Å².